The lowest BCUT2D eigenvalue weighted by atomic mass is 9.93. The van der Waals surface area contributed by atoms with Crippen LogP contribution < -0.4 is 4.90 Å². The number of carbonyl (C=O) groups excluding carboxylic acids is 2. The molecule has 0 saturated carbocycles. The fourth-order valence-corrected chi connectivity index (χ4v) is 3.20. The Kier molecular flexibility index (Phi) is 4.19. The van der Waals surface area contributed by atoms with Crippen LogP contribution >= 0.6 is 0 Å². The topological polar surface area (TPSA) is 75.6 Å². The molecule has 7 heteroatoms. The van der Waals surface area contributed by atoms with Crippen molar-refractivity contribution in [1.82, 2.24) is 14.9 Å². The molecule has 2 saturated heterocycles. The van der Waals surface area contributed by atoms with Gasteiger partial charge in [0, 0.05) is 37.7 Å². The van der Waals surface area contributed by atoms with Crippen molar-refractivity contribution in [2.24, 2.45) is 0 Å². The summed E-state index contributed by atoms with van der Waals surface area (Å²) < 4.78 is 5.18. The van der Waals surface area contributed by atoms with Gasteiger partial charge >= 0.3 is 6.09 Å². The minimum absolute atomic E-state index is 0.122. The molecule has 1 aromatic rings. The third-order valence-electron chi connectivity index (χ3n) is 4.44. The number of aryl methyl sites for hydroxylation is 1. The van der Waals surface area contributed by atoms with Gasteiger partial charge in [-0.2, -0.15) is 0 Å². The second-order valence-electron chi connectivity index (χ2n) is 6.28. The first-order valence-corrected chi connectivity index (χ1v) is 8.03. The highest BCUT2D eigenvalue weighted by molar-refractivity contribution is 5.88. The van der Waals surface area contributed by atoms with Crippen molar-refractivity contribution in [2.45, 2.75) is 45.6 Å². The molecule has 2 aliphatic heterocycles. The van der Waals surface area contributed by atoms with Crippen molar-refractivity contribution in [3.8, 4) is 0 Å². The van der Waals surface area contributed by atoms with Crippen molar-refractivity contribution in [1.29, 1.82) is 0 Å². The van der Waals surface area contributed by atoms with Crippen molar-refractivity contribution >= 4 is 17.8 Å². The Labute approximate surface area is 135 Å². The van der Waals surface area contributed by atoms with Gasteiger partial charge in [0.05, 0.1) is 6.54 Å². The standard InChI is InChI=1S/C16H22N4O3/c1-10-9-20(16(22)23-10)15-8-14(17-11(2)18-15)13-4-6-19(7-5-13)12(3)21/h8,10,13H,4-7,9H2,1-3H3/t10-/m1/s1. The van der Waals surface area contributed by atoms with Crippen molar-refractivity contribution in [3.63, 3.8) is 0 Å². The van der Waals surface area contributed by atoms with Gasteiger partial charge in [0.2, 0.25) is 5.91 Å². The maximum absolute atomic E-state index is 11.9. The van der Waals surface area contributed by atoms with Crippen LogP contribution in [-0.2, 0) is 9.53 Å². The molecule has 0 spiro atoms. The third kappa shape index (κ3) is 3.28. The Morgan fingerprint density at radius 1 is 1.30 bits per heavy atom. The normalized spacial score (nSPS) is 22.4. The molecule has 7 nitrogen and oxygen atoms in total. The molecule has 124 valence electrons. The zero-order valence-electron chi connectivity index (χ0n) is 13.8. The summed E-state index contributed by atoms with van der Waals surface area (Å²) in [6.45, 7) is 7.32. The van der Waals surface area contributed by atoms with E-state index in [-0.39, 0.29) is 18.1 Å². The summed E-state index contributed by atoms with van der Waals surface area (Å²) in [6, 6.07) is 1.89. The van der Waals surface area contributed by atoms with Crippen LogP contribution in [0.5, 0.6) is 0 Å². The molecule has 2 aliphatic rings. The lowest BCUT2D eigenvalue weighted by molar-refractivity contribution is -0.129. The van der Waals surface area contributed by atoms with E-state index in [9.17, 15) is 9.59 Å². The van der Waals surface area contributed by atoms with Crippen molar-refractivity contribution in [3.05, 3.63) is 17.6 Å². The van der Waals surface area contributed by atoms with Gasteiger partial charge in [-0.25, -0.2) is 14.8 Å². The van der Waals surface area contributed by atoms with Gasteiger partial charge in [0.15, 0.2) is 0 Å². The van der Waals surface area contributed by atoms with E-state index in [1.165, 1.54) is 0 Å². The average molecular weight is 318 g/mol. The number of piperidine rings is 1. The van der Waals surface area contributed by atoms with Gasteiger partial charge in [-0.3, -0.25) is 9.69 Å². The summed E-state index contributed by atoms with van der Waals surface area (Å²) in [5, 5.41) is 0. The molecule has 23 heavy (non-hydrogen) atoms. The van der Waals surface area contributed by atoms with Gasteiger partial charge in [-0.1, -0.05) is 0 Å². The Bertz CT molecular complexity index is 626. The highest BCUT2D eigenvalue weighted by Gasteiger charge is 2.31. The molecule has 1 aromatic heterocycles. The van der Waals surface area contributed by atoms with Crippen LogP contribution in [0, 0.1) is 6.92 Å². The molecular formula is C16H22N4O3. The van der Waals surface area contributed by atoms with E-state index in [4.69, 9.17) is 4.74 Å². The van der Waals surface area contributed by atoms with Crippen LogP contribution in [0.4, 0.5) is 10.6 Å². The fourth-order valence-electron chi connectivity index (χ4n) is 3.20. The number of aromatic nitrogens is 2. The van der Waals surface area contributed by atoms with Crippen LogP contribution in [0.3, 0.4) is 0 Å². The van der Waals surface area contributed by atoms with E-state index >= 15 is 0 Å². The number of amides is 2. The number of anilines is 1. The summed E-state index contributed by atoms with van der Waals surface area (Å²) in [5.41, 5.74) is 0.947. The lowest BCUT2D eigenvalue weighted by Gasteiger charge is -2.31. The molecule has 0 unspecified atom stereocenters. The van der Waals surface area contributed by atoms with Gasteiger partial charge in [0.25, 0.3) is 0 Å². The van der Waals surface area contributed by atoms with Gasteiger partial charge in [-0.05, 0) is 26.7 Å². The lowest BCUT2D eigenvalue weighted by Crippen LogP contribution is -2.36. The largest absolute Gasteiger partial charge is 0.444 e. The molecule has 3 rings (SSSR count). The maximum Gasteiger partial charge on any atom is 0.415 e. The predicted molar refractivity (Wildman–Crippen MR) is 84.3 cm³/mol. The smallest absolute Gasteiger partial charge is 0.415 e. The molecule has 2 fully saturated rings. The zero-order valence-corrected chi connectivity index (χ0v) is 13.8. The van der Waals surface area contributed by atoms with E-state index < -0.39 is 0 Å². The second-order valence-corrected chi connectivity index (χ2v) is 6.28. The summed E-state index contributed by atoms with van der Waals surface area (Å²) in [5.74, 6) is 1.67. The van der Waals surface area contributed by atoms with Crippen LogP contribution in [0.2, 0.25) is 0 Å². The van der Waals surface area contributed by atoms with Gasteiger partial charge in [0.1, 0.15) is 17.7 Å². The molecule has 0 bridgehead atoms. The Morgan fingerprint density at radius 3 is 2.57 bits per heavy atom. The third-order valence-corrected chi connectivity index (χ3v) is 4.44. The molecule has 0 N–H and O–H groups in total. The van der Waals surface area contributed by atoms with Crippen LogP contribution in [0.15, 0.2) is 6.07 Å². The second kappa shape index (κ2) is 6.14. The van der Waals surface area contributed by atoms with Crippen LogP contribution in [0.25, 0.3) is 0 Å². The van der Waals surface area contributed by atoms with Crippen LogP contribution in [0.1, 0.15) is 44.1 Å². The summed E-state index contributed by atoms with van der Waals surface area (Å²) in [6.07, 6.45) is 1.29. The SMILES string of the molecule is CC(=O)N1CCC(c2cc(N3C[C@@H](C)OC3=O)nc(C)n2)CC1. The molecule has 1 atom stereocenters. The fraction of sp³-hybridized carbons (Fsp3) is 0.625. The average Bonchev–Trinajstić information content (AvgIpc) is 2.85. The van der Waals surface area contributed by atoms with Gasteiger partial charge in [-0.15, -0.1) is 0 Å². The number of cyclic esters (lactones) is 1. The minimum Gasteiger partial charge on any atom is -0.444 e. The number of nitrogens with zero attached hydrogens (tertiary/aromatic N) is 4. The van der Waals surface area contributed by atoms with Crippen molar-refractivity contribution in [2.75, 3.05) is 24.5 Å². The predicted octanol–water partition coefficient (Wildman–Crippen LogP) is 1.86. The zero-order chi connectivity index (χ0) is 16.6. The van der Waals surface area contributed by atoms with E-state index in [1.54, 1.807) is 11.8 Å². The quantitative estimate of drug-likeness (QED) is 0.832. The van der Waals surface area contributed by atoms with E-state index in [1.807, 2.05) is 24.8 Å². The first kappa shape index (κ1) is 15.7. The minimum atomic E-state index is -0.354. The first-order valence-electron chi connectivity index (χ1n) is 8.03. The number of rotatable bonds is 2. The molecule has 0 aromatic carbocycles. The van der Waals surface area contributed by atoms with E-state index in [0.29, 0.717) is 24.1 Å². The maximum atomic E-state index is 11.9. The van der Waals surface area contributed by atoms with Gasteiger partial charge < -0.3 is 9.64 Å². The summed E-state index contributed by atoms with van der Waals surface area (Å²) in [7, 11) is 0. The number of likely N-dealkylation sites (tertiary alicyclic amines) is 1. The highest BCUT2D eigenvalue weighted by atomic mass is 16.6. The molecule has 0 aliphatic carbocycles. The van der Waals surface area contributed by atoms with E-state index in [0.717, 1.165) is 31.6 Å². The highest BCUT2D eigenvalue weighted by Crippen LogP contribution is 2.29. The Balaban J connectivity index is 1.79. The van der Waals surface area contributed by atoms with E-state index in [2.05, 4.69) is 9.97 Å². The Hall–Kier alpha value is -2.18. The molecule has 2 amide bonds. The number of hydrogen-bond donors (Lipinski definition) is 0. The molecule has 3 heterocycles. The van der Waals surface area contributed by atoms with Crippen LogP contribution in [-0.4, -0.2) is 52.6 Å². The monoisotopic (exact) mass is 318 g/mol. The summed E-state index contributed by atoms with van der Waals surface area (Å²) in [4.78, 5) is 35.7. The first-order chi connectivity index (χ1) is 10.9. The Morgan fingerprint density at radius 2 is 2.00 bits per heavy atom. The number of carbonyl (C=O) groups is 2. The molecular weight excluding hydrogens is 296 g/mol. The molecule has 0 radical (unpaired) electrons. The number of ether oxygens (including phenoxy) is 1. The number of hydrogen-bond acceptors (Lipinski definition) is 5. The summed E-state index contributed by atoms with van der Waals surface area (Å²) >= 11 is 0. The van der Waals surface area contributed by atoms with Crippen molar-refractivity contribution < 1.29 is 14.3 Å².